The van der Waals surface area contributed by atoms with E-state index in [1.165, 1.54) is 0 Å². The van der Waals surface area contributed by atoms with Gasteiger partial charge in [-0.3, -0.25) is 14.4 Å². The van der Waals surface area contributed by atoms with Gasteiger partial charge in [0.15, 0.2) is 0 Å². The maximum absolute atomic E-state index is 13.1. The minimum absolute atomic E-state index is 0.00773. The van der Waals surface area contributed by atoms with Crippen LogP contribution >= 0.6 is 0 Å². The molecular weight excluding hydrogens is 402 g/mol. The van der Waals surface area contributed by atoms with Crippen LogP contribution in [0.15, 0.2) is 54.6 Å². The first-order valence-corrected chi connectivity index (χ1v) is 11.4. The Hall–Kier alpha value is -3.15. The summed E-state index contributed by atoms with van der Waals surface area (Å²) in [5.41, 5.74) is 2.28. The van der Waals surface area contributed by atoms with E-state index in [4.69, 9.17) is 0 Å². The number of hydrogen-bond acceptors (Lipinski definition) is 3. The summed E-state index contributed by atoms with van der Waals surface area (Å²) in [6, 6.07) is 16.0. The van der Waals surface area contributed by atoms with E-state index in [2.05, 4.69) is 10.6 Å². The van der Waals surface area contributed by atoms with Crippen LogP contribution in [-0.2, 0) is 4.79 Å². The van der Waals surface area contributed by atoms with Gasteiger partial charge >= 0.3 is 0 Å². The molecule has 0 aromatic heterocycles. The number of hydrogen-bond donors (Lipinski definition) is 2. The van der Waals surface area contributed by atoms with Gasteiger partial charge in [-0.1, -0.05) is 42.8 Å². The smallest absolute Gasteiger partial charge is 0.253 e. The summed E-state index contributed by atoms with van der Waals surface area (Å²) in [5, 5.41) is 5.99. The van der Waals surface area contributed by atoms with Crippen molar-refractivity contribution in [1.29, 1.82) is 0 Å². The molecule has 0 bridgehead atoms. The molecule has 170 valence electrons. The maximum atomic E-state index is 13.1. The SMILES string of the molecule is CC[C@@H](C)NC(=O)[C@H](NC(=O)c1ccc(C)cc1)C1CCN(C(=O)c2ccccc2)CC1. The number of aryl methyl sites for hydroxylation is 1. The quantitative estimate of drug-likeness (QED) is 0.698. The highest BCUT2D eigenvalue weighted by atomic mass is 16.2. The summed E-state index contributed by atoms with van der Waals surface area (Å²) < 4.78 is 0. The number of amides is 3. The number of nitrogens with one attached hydrogen (secondary N) is 2. The van der Waals surface area contributed by atoms with E-state index < -0.39 is 6.04 Å². The normalized spacial score (nSPS) is 16.2. The molecule has 2 atom stereocenters. The molecular formula is C26H33N3O3. The molecule has 2 aromatic carbocycles. The Morgan fingerprint density at radius 3 is 2.16 bits per heavy atom. The number of rotatable bonds is 7. The van der Waals surface area contributed by atoms with Crippen molar-refractivity contribution >= 4 is 17.7 Å². The van der Waals surface area contributed by atoms with E-state index in [1.807, 2.05) is 68.1 Å². The predicted molar refractivity (Wildman–Crippen MR) is 125 cm³/mol. The fraction of sp³-hybridized carbons (Fsp3) is 0.423. The number of likely N-dealkylation sites (tertiary alicyclic amines) is 1. The minimum atomic E-state index is -0.633. The van der Waals surface area contributed by atoms with Crippen LogP contribution in [0.4, 0.5) is 0 Å². The summed E-state index contributed by atoms with van der Waals surface area (Å²) >= 11 is 0. The van der Waals surface area contributed by atoms with Crippen LogP contribution in [0.5, 0.6) is 0 Å². The Morgan fingerprint density at radius 2 is 1.56 bits per heavy atom. The van der Waals surface area contributed by atoms with Gasteiger partial charge in [-0.25, -0.2) is 0 Å². The highest BCUT2D eigenvalue weighted by molar-refractivity contribution is 5.98. The summed E-state index contributed by atoms with van der Waals surface area (Å²) in [5.74, 6) is -0.439. The molecule has 0 radical (unpaired) electrons. The Kier molecular flexibility index (Phi) is 8.03. The van der Waals surface area contributed by atoms with Crippen LogP contribution < -0.4 is 10.6 Å². The van der Waals surface area contributed by atoms with E-state index in [9.17, 15) is 14.4 Å². The third-order valence-corrected chi connectivity index (χ3v) is 6.20. The van der Waals surface area contributed by atoms with Gasteiger partial charge in [-0.2, -0.15) is 0 Å². The standard InChI is InChI=1S/C26H33N3O3/c1-4-19(3)27-25(31)23(28-24(30)21-12-10-18(2)11-13-21)20-14-16-29(17-15-20)26(32)22-8-6-5-7-9-22/h5-13,19-20,23H,4,14-17H2,1-3H3,(H,27,31)(H,28,30)/t19-,23-/m1/s1. The van der Waals surface area contributed by atoms with Crippen LogP contribution in [0.3, 0.4) is 0 Å². The molecule has 0 spiro atoms. The molecule has 1 aliphatic rings. The zero-order valence-corrected chi connectivity index (χ0v) is 19.1. The molecule has 6 nitrogen and oxygen atoms in total. The second-order valence-electron chi connectivity index (χ2n) is 8.63. The lowest BCUT2D eigenvalue weighted by molar-refractivity contribution is -0.125. The Labute approximate surface area is 190 Å². The third kappa shape index (κ3) is 5.96. The van der Waals surface area contributed by atoms with Gasteiger partial charge in [-0.05, 0) is 63.3 Å². The molecule has 0 aliphatic carbocycles. The van der Waals surface area contributed by atoms with Gasteiger partial charge in [0.2, 0.25) is 5.91 Å². The molecule has 2 N–H and O–H groups in total. The molecule has 1 fully saturated rings. The Morgan fingerprint density at radius 1 is 0.938 bits per heavy atom. The first-order chi connectivity index (χ1) is 15.4. The molecule has 0 unspecified atom stereocenters. The van der Waals surface area contributed by atoms with Crippen molar-refractivity contribution in [2.75, 3.05) is 13.1 Å². The number of carbonyl (C=O) groups excluding carboxylic acids is 3. The second-order valence-corrected chi connectivity index (χ2v) is 8.63. The summed E-state index contributed by atoms with van der Waals surface area (Å²) in [7, 11) is 0. The predicted octanol–water partition coefficient (Wildman–Crippen LogP) is 3.56. The van der Waals surface area contributed by atoms with Crippen LogP contribution in [0.1, 0.15) is 59.4 Å². The molecule has 1 aliphatic heterocycles. The molecule has 1 saturated heterocycles. The third-order valence-electron chi connectivity index (χ3n) is 6.20. The van der Waals surface area contributed by atoms with E-state index in [-0.39, 0.29) is 29.7 Å². The highest BCUT2D eigenvalue weighted by Gasteiger charge is 2.34. The van der Waals surface area contributed by atoms with Crippen LogP contribution in [0, 0.1) is 12.8 Å². The number of nitrogens with zero attached hydrogens (tertiary/aromatic N) is 1. The summed E-state index contributed by atoms with van der Waals surface area (Å²) in [6.45, 7) is 7.06. The summed E-state index contributed by atoms with van der Waals surface area (Å²) in [6.07, 6.45) is 2.13. The van der Waals surface area contributed by atoms with E-state index in [1.54, 1.807) is 12.1 Å². The molecule has 0 saturated carbocycles. The van der Waals surface area contributed by atoms with Gasteiger partial charge in [0.25, 0.3) is 11.8 Å². The monoisotopic (exact) mass is 435 g/mol. The number of piperidine rings is 1. The van der Waals surface area contributed by atoms with Crippen LogP contribution in [-0.4, -0.2) is 47.8 Å². The first-order valence-electron chi connectivity index (χ1n) is 11.4. The fourth-order valence-electron chi connectivity index (χ4n) is 3.96. The zero-order valence-electron chi connectivity index (χ0n) is 19.1. The van der Waals surface area contributed by atoms with Crippen molar-refractivity contribution in [2.24, 2.45) is 5.92 Å². The average molecular weight is 436 g/mol. The van der Waals surface area contributed by atoms with Gasteiger partial charge in [0.1, 0.15) is 6.04 Å². The Bertz CT molecular complexity index is 919. The van der Waals surface area contributed by atoms with Crippen LogP contribution in [0.25, 0.3) is 0 Å². The minimum Gasteiger partial charge on any atom is -0.352 e. The van der Waals surface area contributed by atoms with Crippen LogP contribution in [0.2, 0.25) is 0 Å². The van der Waals surface area contributed by atoms with Crippen molar-refractivity contribution in [3.63, 3.8) is 0 Å². The molecule has 3 amide bonds. The second kappa shape index (κ2) is 10.9. The van der Waals surface area contributed by atoms with E-state index in [0.717, 1.165) is 12.0 Å². The van der Waals surface area contributed by atoms with Gasteiger partial charge < -0.3 is 15.5 Å². The highest BCUT2D eigenvalue weighted by Crippen LogP contribution is 2.23. The van der Waals surface area contributed by atoms with Gasteiger partial charge in [0.05, 0.1) is 0 Å². The first kappa shape index (κ1) is 23.5. The lowest BCUT2D eigenvalue weighted by Crippen LogP contribution is -2.55. The lowest BCUT2D eigenvalue weighted by Gasteiger charge is -2.36. The van der Waals surface area contributed by atoms with Crippen molar-refractivity contribution in [3.05, 3.63) is 71.3 Å². The number of benzene rings is 2. The average Bonchev–Trinajstić information content (AvgIpc) is 2.82. The molecule has 2 aromatic rings. The van der Waals surface area contributed by atoms with E-state index in [0.29, 0.717) is 37.1 Å². The molecule has 32 heavy (non-hydrogen) atoms. The van der Waals surface area contributed by atoms with Gasteiger partial charge in [-0.15, -0.1) is 0 Å². The topological polar surface area (TPSA) is 78.5 Å². The number of carbonyl (C=O) groups is 3. The molecule has 3 rings (SSSR count). The van der Waals surface area contributed by atoms with Crippen molar-refractivity contribution in [2.45, 2.75) is 52.1 Å². The maximum Gasteiger partial charge on any atom is 0.253 e. The van der Waals surface area contributed by atoms with Gasteiger partial charge in [0, 0.05) is 30.3 Å². The molecule has 6 heteroatoms. The zero-order chi connectivity index (χ0) is 23.1. The van der Waals surface area contributed by atoms with Crippen molar-refractivity contribution in [1.82, 2.24) is 15.5 Å². The van der Waals surface area contributed by atoms with E-state index >= 15 is 0 Å². The van der Waals surface area contributed by atoms with Crippen molar-refractivity contribution < 1.29 is 14.4 Å². The van der Waals surface area contributed by atoms with Crippen molar-refractivity contribution in [3.8, 4) is 0 Å². The fourth-order valence-corrected chi connectivity index (χ4v) is 3.96. The molecule has 1 heterocycles. The summed E-state index contributed by atoms with van der Waals surface area (Å²) in [4.78, 5) is 40.5. The lowest BCUT2D eigenvalue weighted by atomic mass is 9.88. The largest absolute Gasteiger partial charge is 0.352 e. The Balaban J connectivity index is 1.69.